The SMILES string of the molecule is COC(=O)c1c(NC(=O)Cn2ccccc2=O)sc2c1CC[C@@H](C)C2. The van der Waals surface area contributed by atoms with E-state index in [4.69, 9.17) is 4.74 Å². The monoisotopic (exact) mass is 360 g/mol. The van der Waals surface area contributed by atoms with Gasteiger partial charge in [0.25, 0.3) is 5.56 Å². The summed E-state index contributed by atoms with van der Waals surface area (Å²) in [6.45, 7) is 2.08. The van der Waals surface area contributed by atoms with Crippen molar-refractivity contribution in [1.82, 2.24) is 4.57 Å². The fraction of sp³-hybridized carbons (Fsp3) is 0.389. The summed E-state index contributed by atoms with van der Waals surface area (Å²) in [5.74, 6) is -0.215. The lowest BCUT2D eigenvalue weighted by Crippen LogP contribution is -2.26. The molecule has 0 spiro atoms. The molecule has 0 bridgehead atoms. The highest BCUT2D eigenvalue weighted by molar-refractivity contribution is 7.17. The smallest absolute Gasteiger partial charge is 0.341 e. The number of anilines is 1. The van der Waals surface area contributed by atoms with Crippen LogP contribution >= 0.6 is 11.3 Å². The van der Waals surface area contributed by atoms with Crippen molar-refractivity contribution >= 4 is 28.2 Å². The van der Waals surface area contributed by atoms with Crippen LogP contribution in [0.2, 0.25) is 0 Å². The van der Waals surface area contributed by atoms with Crippen molar-refractivity contribution in [3.05, 3.63) is 50.8 Å². The molecule has 2 aromatic heterocycles. The van der Waals surface area contributed by atoms with Crippen LogP contribution in [0.4, 0.5) is 5.00 Å². The molecule has 0 aromatic carbocycles. The lowest BCUT2D eigenvalue weighted by molar-refractivity contribution is -0.116. The Balaban J connectivity index is 1.86. The van der Waals surface area contributed by atoms with E-state index in [9.17, 15) is 14.4 Å². The van der Waals surface area contributed by atoms with Gasteiger partial charge in [-0.25, -0.2) is 4.79 Å². The van der Waals surface area contributed by atoms with Crippen LogP contribution < -0.4 is 10.9 Å². The van der Waals surface area contributed by atoms with Crippen LogP contribution in [0.3, 0.4) is 0 Å². The first-order valence-electron chi connectivity index (χ1n) is 8.17. The molecule has 2 aromatic rings. The van der Waals surface area contributed by atoms with Gasteiger partial charge in [0.1, 0.15) is 11.5 Å². The number of rotatable bonds is 4. The minimum Gasteiger partial charge on any atom is -0.465 e. The molecule has 7 heteroatoms. The van der Waals surface area contributed by atoms with E-state index in [2.05, 4.69) is 12.2 Å². The maximum absolute atomic E-state index is 12.4. The van der Waals surface area contributed by atoms with Crippen molar-refractivity contribution in [3.8, 4) is 0 Å². The Kier molecular flexibility index (Phi) is 5.03. The molecule has 0 unspecified atom stereocenters. The Hall–Kier alpha value is -2.41. The second kappa shape index (κ2) is 7.23. The Morgan fingerprint density at radius 1 is 1.40 bits per heavy atom. The number of hydrogen-bond donors (Lipinski definition) is 1. The quantitative estimate of drug-likeness (QED) is 0.850. The van der Waals surface area contributed by atoms with Crippen molar-refractivity contribution in [1.29, 1.82) is 0 Å². The van der Waals surface area contributed by atoms with E-state index in [0.717, 1.165) is 29.7 Å². The summed E-state index contributed by atoms with van der Waals surface area (Å²) in [6, 6.07) is 4.72. The first kappa shape index (κ1) is 17.4. The lowest BCUT2D eigenvalue weighted by atomic mass is 9.88. The van der Waals surface area contributed by atoms with E-state index < -0.39 is 5.97 Å². The zero-order valence-corrected chi connectivity index (χ0v) is 15.0. The number of esters is 1. The maximum atomic E-state index is 12.4. The van der Waals surface area contributed by atoms with Gasteiger partial charge in [0.05, 0.1) is 12.7 Å². The zero-order valence-electron chi connectivity index (χ0n) is 14.2. The second-order valence-corrected chi connectivity index (χ2v) is 7.37. The van der Waals surface area contributed by atoms with Crippen molar-refractivity contribution in [2.75, 3.05) is 12.4 Å². The second-order valence-electron chi connectivity index (χ2n) is 6.26. The standard InChI is InChI=1S/C18H20N2O4S/c1-11-6-7-12-13(9-11)25-17(16(12)18(23)24-2)19-14(21)10-20-8-4-3-5-15(20)22/h3-5,8,11H,6-7,9-10H2,1-2H3,(H,19,21)/t11-/m1/s1. The number of ether oxygens (including phenoxy) is 1. The van der Waals surface area contributed by atoms with Crippen molar-refractivity contribution in [2.45, 2.75) is 32.7 Å². The molecule has 1 amide bonds. The van der Waals surface area contributed by atoms with Gasteiger partial charge in [-0.2, -0.15) is 0 Å². The van der Waals surface area contributed by atoms with Gasteiger partial charge >= 0.3 is 5.97 Å². The lowest BCUT2D eigenvalue weighted by Gasteiger charge is -2.18. The summed E-state index contributed by atoms with van der Waals surface area (Å²) < 4.78 is 6.23. The van der Waals surface area contributed by atoms with Crippen molar-refractivity contribution in [2.24, 2.45) is 5.92 Å². The molecule has 0 radical (unpaired) electrons. The van der Waals surface area contributed by atoms with Gasteiger partial charge in [-0.05, 0) is 36.8 Å². The average molecular weight is 360 g/mol. The summed E-state index contributed by atoms with van der Waals surface area (Å²) >= 11 is 1.43. The zero-order chi connectivity index (χ0) is 18.0. The molecule has 1 aliphatic carbocycles. The number of nitrogens with zero attached hydrogens (tertiary/aromatic N) is 1. The summed E-state index contributed by atoms with van der Waals surface area (Å²) in [5, 5.41) is 3.31. The van der Waals surface area contributed by atoms with E-state index in [1.807, 2.05) is 0 Å². The number of amides is 1. The Morgan fingerprint density at radius 2 is 2.20 bits per heavy atom. The number of carbonyl (C=O) groups excluding carboxylic acids is 2. The summed E-state index contributed by atoms with van der Waals surface area (Å²) in [5.41, 5.74) is 1.20. The minimum atomic E-state index is -0.431. The highest BCUT2D eigenvalue weighted by Gasteiger charge is 2.28. The molecule has 0 fully saturated rings. The first-order valence-corrected chi connectivity index (χ1v) is 8.99. The molecule has 3 rings (SSSR count). The van der Waals surface area contributed by atoms with Crippen LogP contribution in [0.25, 0.3) is 0 Å². The molecule has 0 saturated heterocycles. The molecule has 2 heterocycles. The van der Waals surface area contributed by atoms with E-state index in [0.29, 0.717) is 16.5 Å². The predicted octanol–water partition coefficient (Wildman–Crippen LogP) is 2.46. The van der Waals surface area contributed by atoms with Crippen molar-refractivity contribution in [3.63, 3.8) is 0 Å². The molecule has 0 saturated carbocycles. The van der Waals surface area contributed by atoms with Crippen LogP contribution in [0, 0.1) is 5.92 Å². The topological polar surface area (TPSA) is 77.4 Å². The van der Waals surface area contributed by atoms with E-state index in [1.54, 1.807) is 18.3 Å². The van der Waals surface area contributed by atoms with Gasteiger partial charge in [0, 0.05) is 17.1 Å². The molecule has 6 nitrogen and oxygen atoms in total. The number of aromatic nitrogens is 1. The van der Waals surface area contributed by atoms with Gasteiger partial charge < -0.3 is 14.6 Å². The first-order chi connectivity index (χ1) is 12.0. The maximum Gasteiger partial charge on any atom is 0.341 e. The van der Waals surface area contributed by atoms with Crippen LogP contribution in [0.15, 0.2) is 29.2 Å². The third-order valence-corrected chi connectivity index (χ3v) is 5.54. The Labute approximate surface area is 149 Å². The fourth-order valence-corrected chi connectivity index (χ4v) is 4.48. The highest BCUT2D eigenvalue weighted by Crippen LogP contribution is 2.40. The number of hydrogen-bond acceptors (Lipinski definition) is 5. The molecular weight excluding hydrogens is 340 g/mol. The van der Waals surface area contributed by atoms with E-state index in [-0.39, 0.29) is 18.0 Å². The summed E-state index contributed by atoms with van der Waals surface area (Å²) in [7, 11) is 1.34. The molecule has 132 valence electrons. The number of thiophene rings is 1. The third kappa shape index (κ3) is 3.66. The van der Waals surface area contributed by atoms with Gasteiger partial charge in [0.2, 0.25) is 5.91 Å². The summed E-state index contributed by atoms with van der Waals surface area (Å²) in [6.07, 6.45) is 4.29. The number of carbonyl (C=O) groups is 2. The molecular formula is C18H20N2O4S. The van der Waals surface area contributed by atoms with E-state index in [1.165, 1.54) is 29.1 Å². The molecule has 25 heavy (non-hydrogen) atoms. The number of nitrogens with one attached hydrogen (secondary N) is 1. The van der Waals surface area contributed by atoms with Crippen LogP contribution in [0.5, 0.6) is 0 Å². The Morgan fingerprint density at radius 3 is 2.92 bits per heavy atom. The minimum absolute atomic E-state index is 0.0980. The largest absolute Gasteiger partial charge is 0.465 e. The number of pyridine rings is 1. The van der Waals surface area contributed by atoms with Crippen LogP contribution in [-0.4, -0.2) is 23.6 Å². The Bertz CT molecular complexity index is 868. The summed E-state index contributed by atoms with van der Waals surface area (Å²) in [4.78, 5) is 37.4. The van der Waals surface area contributed by atoms with E-state index >= 15 is 0 Å². The van der Waals surface area contributed by atoms with Gasteiger partial charge in [-0.1, -0.05) is 13.0 Å². The molecule has 1 N–H and O–H groups in total. The predicted molar refractivity (Wildman–Crippen MR) is 96.2 cm³/mol. The number of methoxy groups -OCH3 is 1. The third-order valence-electron chi connectivity index (χ3n) is 4.37. The van der Waals surface area contributed by atoms with Gasteiger partial charge in [-0.15, -0.1) is 11.3 Å². The molecule has 1 aliphatic rings. The molecule has 0 aliphatic heterocycles. The number of fused-ring (bicyclic) bond motifs is 1. The molecule has 1 atom stereocenters. The fourth-order valence-electron chi connectivity index (χ4n) is 3.07. The van der Waals surface area contributed by atoms with Gasteiger partial charge in [-0.3, -0.25) is 9.59 Å². The normalized spacial score (nSPS) is 16.2. The average Bonchev–Trinajstić information content (AvgIpc) is 2.92. The van der Waals surface area contributed by atoms with Crippen LogP contribution in [-0.2, 0) is 28.9 Å². The van der Waals surface area contributed by atoms with Crippen molar-refractivity contribution < 1.29 is 14.3 Å². The highest BCUT2D eigenvalue weighted by atomic mass is 32.1. The van der Waals surface area contributed by atoms with Crippen LogP contribution in [0.1, 0.15) is 34.1 Å². The van der Waals surface area contributed by atoms with Gasteiger partial charge in [0.15, 0.2) is 0 Å².